The molecule has 1 N–H and O–H groups in total. The van der Waals surface area contributed by atoms with E-state index in [1.54, 1.807) is 36.4 Å². The number of thiophene rings is 1. The van der Waals surface area contributed by atoms with E-state index >= 15 is 0 Å². The van der Waals surface area contributed by atoms with Gasteiger partial charge in [0.1, 0.15) is 4.88 Å². The van der Waals surface area contributed by atoms with E-state index < -0.39 is 22.9 Å². The van der Waals surface area contributed by atoms with Gasteiger partial charge in [0.25, 0.3) is 11.6 Å². The predicted octanol–water partition coefficient (Wildman–Crippen LogP) is 6.65. The van der Waals surface area contributed by atoms with Crippen LogP contribution < -0.4 is 5.32 Å². The number of nitrogens with one attached hydrogen (secondary N) is 1. The van der Waals surface area contributed by atoms with Crippen molar-refractivity contribution >= 4 is 67.9 Å². The number of fused-ring (bicyclic) bond motifs is 1. The van der Waals surface area contributed by atoms with Crippen molar-refractivity contribution < 1.29 is 19.2 Å². The highest BCUT2D eigenvalue weighted by molar-refractivity contribution is 7.21. The number of esters is 1. The average molecular weight is 501 g/mol. The zero-order valence-electron chi connectivity index (χ0n) is 16.7. The first-order chi connectivity index (χ1) is 15.8. The molecule has 1 aromatic heterocycles. The maximum absolute atomic E-state index is 13.1. The van der Waals surface area contributed by atoms with Gasteiger partial charge in [-0.3, -0.25) is 14.9 Å². The molecular formula is C23H14Cl2N2O5S. The fourth-order valence-electron chi connectivity index (χ4n) is 3.12. The van der Waals surface area contributed by atoms with Gasteiger partial charge in [0, 0.05) is 27.8 Å². The van der Waals surface area contributed by atoms with Gasteiger partial charge in [-0.25, -0.2) is 4.79 Å². The summed E-state index contributed by atoms with van der Waals surface area (Å²) in [5.74, 6) is -1.43. The highest BCUT2D eigenvalue weighted by Crippen LogP contribution is 2.37. The summed E-state index contributed by atoms with van der Waals surface area (Å²) in [5.41, 5.74) is 0.353. The van der Waals surface area contributed by atoms with Gasteiger partial charge in [0.15, 0.2) is 0 Å². The lowest BCUT2D eigenvalue weighted by Gasteiger charge is -2.18. The van der Waals surface area contributed by atoms with E-state index in [9.17, 15) is 19.7 Å². The minimum absolute atomic E-state index is 0.0248. The summed E-state index contributed by atoms with van der Waals surface area (Å²) in [6, 6.07) is 19.4. The number of halogens is 2. The second kappa shape index (κ2) is 9.58. The smallest absolute Gasteiger partial charge is 0.351 e. The number of ether oxygens (including phenoxy) is 1. The van der Waals surface area contributed by atoms with E-state index in [2.05, 4.69) is 5.32 Å². The molecule has 0 saturated heterocycles. The molecule has 33 heavy (non-hydrogen) atoms. The molecule has 10 heteroatoms. The van der Waals surface area contributed by atoms with Crippen LogP contribution in [0, 0.1) is 10.1 Å². The zero-order valence-corrected chi connectivity index (χ0v) is 19.0. The molecule has 1 amide bonds. The van der Waals surface area contributed by atoms with Crippen molar-refractivity contribution in [3.63, 3.8) is 0 Å². The predicted molar refractivity (Wildman–Crippen MR) is 128 cm³/mol. The van der Waals surface area contributed by atoms with Crippen molar-refractivity contribution in [1.82, 2.24) is 0 Å². The highest BCUT2D eigenvalue weighted by Gasteiger charge is 2.29. The molecule has 0 aliphatic rings. The standard InChI is InChI=1S/C23H14Cl2N2O5S/c24-16-12-14(27(30)31)10-11-17(16)26-22(28)20(13-6-2-1-3-7-13)32-23(29)21-19(25)15-8-4-5-9-18(15)33-21/h1-12,20H,(H,26,28). The maximum atomic E-state index is 13.1. The number of rotatable bonds is 6. The Morgan fingerprint density at radius 1 is 1.00 bits per heavy atom. The fraction of sp³-hybridized carbons (Fsp3) is 0.0435. The van der Waals surface area contributed by atoms with Crippen molar-refractivity contribution in [2.24, 2.45) is 0 Å². The zero-order chi connectivity index (χ0) is 23.5. The summed E-state index contributed by atoms with van der Waals surface area (Å²) in [6.45, 7) is 0. The molecule has 1 unspecified atom stereocenters. The van der Waals surface area contributed by atoms with Gasteiger partial charge in [-0.2, -0.15) is 0 Å². The number of anilines is 1. The summed E-state index contributed by atoms with van der Waals surface area (Å²) >= 11 is 13.7. The third-order valence-electron chi connectivity index (χ3n) is 4.71. The molecule has 0 aliphatic carbocycles. The van der Waals surface area contributed by atoms with Gasteiger partial charge in [0.05, 0.1) is 20.7 Å². The van der Waals surface area contributed by atoms with Crippen LogP contribution in [0.4, 0.5) is 11.4 Å². The van der Waals surface area contributed by atoms with Gasteiger partial charge >= 0.3 is 5.97 Å². The first kappa shape index (κ1) is 22.7. The van der Waals surface area contributed by atoms with E-state index in [1.165, 1.54) is 23.5 Å². The Balaban J connectivity index is 1.63. The topological polar surface area (TPSA) is 98.5 Å². The fourth-order valence-corrected chi connectivity index (χ4v) is 4.74. The van der Waals surface area contributed by atoms with Crippen molar-refractivity contribution in [2.75, 3.05) is 5.32 Å². The quantitative estimate of drug-likeness (QED) is 0.181. The third kappa shape index (κ3) is 4.83. The van der Waals surface area contributed by atoms with Crippen LogP contribution in [0.1, 0.15) is 21.3 Å². The van der Waals surface area contributed by atoms with Crippen molar-refractivity contribution in [1.29, 1.82) is 0 Å². The van der Waals surface area contributed by atoms with E-state index in [0.29, 0.717) is 5.56 Å². The number of carbonyl (C=O) groups excluding carboxylic acids is 2. The SMILES string of the molecule is O=C(OC(C(=O)Nc1ccc([N+](=O)[O-])cc1Cl)c1ccccc1)c1sc2ccccc2c1Cl. The van der Waals surface area contributed by atoms with Crippen LogP contribution in [0.15, 0.2) is 72.8 Å². The number of hydrogen-bond donors (Lipinski definition) is 1. The molecule has 3 aromatic carbocycles. The molecule has 0 bridgehead atoms. The normalized spacial score (nSPS) is 11.7. The molecule has 0 fully saturated rings. The third-order valence-corrected chi connectivity index (χ3v) is 6.68. The summed E-state index contributed by atoms with van der Waals surface area (Å²) < 4.78 is 6.41. The Labute approximate surface area is 201 Å². The largest absolute Gasteiger partial charge is 0.443 e. The number of benzene rings is 3. The van der Waals surface area contributed by atoms with E-state index in [4.69, 9.17) is 27.9 Å². The summed E-state index contributed by atoms with van der Waals surface area (Å²) in [4.78, 5) is 36.6. The van der Waals surface area contributed by atoms with Crippen molar-refractivity contribution in [2.45, 2.75) is 6.10 Å². The molecule has 0 radical (unpaired) electrons. The number of nitrogens with zero attached hydrogens (tertiary/aromatic N) is 1. The van der Waals surface area contributed by atoms with Gasteiger partial charge in [-0.05, 0) is 12.1 Å². The van der Waals surface area contributed by atoms with Crippen molar-refractivity contribution in [3.8, 4) is 0 Å². The minimum atomic E-state index is -1.31. The first-order valence-electron chi connectivity index (χ1n) is 9.53. The van der Waals surface area contributed by atoms with Crippen LogP contribution in [0.25, 0.3) is 10.1 Å². The lowest BCUT2D eigenvalue weighted by molar-refractivity contribution is -0.384. The molecule has 166 valence electrons. The number of amides is 1. The highest BCUT2D eigenvalue weighted by atomic mass is 35.5. The number of carbonyl (C=O) groups is 2. The van der Waals surface area contributed by atoms with Crippen LogP contribution in [-0.4, -0.2) is 16.8 Å². The molecular weight excluding hydrogens is 487 g/mol. The Morgan fingerprint density at radius 2 is 1.70 bits per heavy atom. The van der Waals surface area contributed by atoms with Gasteiger partial charge in [-0.15, -0.1) is 11.3 Å². The summed E-state index contributed by atoms with van der Waals surface area (Å²) in [6.07, 6.45) is -1.31. The van der Waals surface area contributed by atoms with Crippen LogP contribution >= 0.6 is 34.5 Å². The van der Waals surface area contributed by atoms with Gasteiger partial charge < -0.3 is 10.1 Å². The minimum Gasteiger partial charge on any atom is -0.443 e. The molecule has 0 saturated carbocycles. The van der Waals surface area contributed by atoms with Crippen LogP contribution in [0.3, 0.4) is 0 Å². The second-order valence-corrected chi connectivity index (χ2v) is 8.69. The van der Waals surface area contributed by atoms with E-state index in [-0.39, 0.29) is 26.3 Å². The Morgan fingerprint density at radius 3 is 2.36 bits per heavy atom. The Kier molecular flexibility index (Phi) is 6.60. The van der Waals surface area contributed by atoms with E-state index in [0.717, 1.165) is 16.2 Å². The molecule has 0 aliphatic heterocycles. The first-order valence-corrected chi connectivity index (χ1v) is 11.1. The number of nitro groups is 1. The molecule has 0 spiro atoms. The molecule has 7 nitrogen and oxygen atoms in total. The Hall–Kier alpha value is -3.46. The summed E-state index contributed by atoms with van der Waals surface area (Å²) in [5, 5.41) is 14.4. The number of nitro benzene ring substituents is 1. The molecule has 4 rings (SSSR count). The van der Waals surface area contributed by atoms with Gasteiger partial charge in [0.2, 0.25) is 6.10 Å². The number of non-ortho nitro benzene ring substituents is 1. The van der Waals surface area contributed by atoms with Crippen molar-refractivity contribution in [3.05, 3.63) is 103 Å². The lowest BCUT2D eigenvalue weighted by Crippen LogP contribution is -2.26. The molecule has 1 heterocycles. The van der Waals surface area contributed by atoms with Crippen LogP contribution in [0.2, 0.25) is 10.0 Å². The monoisotopic (exact) mass is 500 g/mol. The maximum Gasteiger partial charge on any atom is 0.351 e. The molecule has 1 atom stereocenters. The van der Waals surface area contributed by atoms with Crippen LogP contribution in [0.5, 0.6) is 0 Å². The van der Waals surface area contributed by atoms with Gasteiger partial charge in [-0.1, -0.05) is 71.7 Å². The number of hydrogen-bond acceptors (Lipinski definition) is 6. The van der Waals surface area contributed by atoms with E-state index in [1.807, 2.05) is 18.2 Å². The average Bonchev–Trinajstić information content (AvgIpc) is 3.15. The summed E-state index contributed by atoms with van der Waals surface area (Å²) in [7, 11) is 0. The molecule has 4 aromatic rings. The Bertz CT molecular complexity index is 1370. The van der Waals surface area contributed by atoms with Crippen LogP contribution in [-0.2, 0) is 9.53 Å². The second-order valence-electron chi connectivity index (χ2n) is 6.85. The lowest BCUT2D eigenvalue weighted by atomic mass is 10.1.